The van der Waals surface area contributed by atoms with E-state index in [9.17, 15) is 0 Å². The first-order chi connectivity index (χ1) is 9.24. The Morgan fingerprint density at radius 1 is 0.895 bits per heavy atom. The van der Waals surface area contributed by atoms with Gasteiger partial charge in [-0.25, -0.2) is 0 Å². The normalized spacial score (nSPS) is 14.0. The Bertz CT molecular complexity index is 220. The summed E-state index contributed by atoms with van der Waals surface area (Å²) in [6, 6.07) is 2.26. The summed E-state index contributed by atoms with van der Waals surface area (Å²) in [7, 11) is 0. The summed E-state index contributed by atoms with van der Waals surface area (Å²) < 4.78 is 0. The van der Waals surface area contributed by atoms with Crippen molar-refractivity contribution in [2.24, 2.45) is 11.1 Å². The van der Waals surface area contributed by atoms with Gasteiger partial charge < -0.3 is 5.73 Å². The van der Waals surface area contributed by atoms with Crippen LogP contribution < -0.4 is 5.73 Å². The summed E-state index contributed by atoms with van der Waals surface area (Å²) in [5.74, 6) is 0. The highest BCUT2D eigenvalue weighted by atomic mass is 14.5. The highest BCUT2D eigenvalue weighted by molar-refractivity contribution is 4.79. The minimum atomic E-state index is 0.528. The molecule has 0 saturated carbocycles. The molecule has 0 fully saturated rings. The van der Waals surface area contributed by atoms with Crippen molar-refractivity contribution >= 4 is 0 Å². The molecule has 0 radical (unpaired) electrons. The third-order valence-corrected chi connectivity index (χ3v) is 4.47. The van der Waals surface area contributed by atoms with Gasteiger partial charge in [-0.2, -0.15) is 5.26 Å². The van der Waals surface area contributed by atoms with Gasteiger partial charge in [0.2, 0.25) is 0 Å². The van der Waals surface area contributed by atoms with Gasteiger partial charge >= 0.3 is 0 Å². The molecule has 0 aromatic carbocycles. The zero-order valence-corrected chi connectivity index (χ0v) is 13.2. The monoisotopic (exact) mass is 266 g/mol. The van der Waals surface area contributed by atoms with Crippen LogP contribution in [0, 0.1) is 16.7 Å². The lowest BCUT2D eigenvalue weighted by Gasteiger charge is -2.33. The molecule has 2 heteroatoms. The number of rotatable bonds is 13. The minimum Gasteiger partial charge on any atom is -0.330 e. The van der Waals surface area contributed by atoms with Crippen molar-refractivity contribution in [3.63, 3.8) is 0 Å². The summed E-state index contributed by atoms with van der Waals surface area (Å²) >= 11 is 0. The standard InChI is InChI=1S/C17H34N2/c1-3-5-7-12-17(4-2,14-9-11-16-19)13-8-6-10-15-18/h3-14,16,19H2,1-2H3. The van der Waals surface area contributed by atoms with Crippen molar-refractivity contribution in [2.75, 3.05) is 6.54 Å². The predicted octanol–water partition coefficient (Wildman–Crippen LogP) is 5.18. The Balaban J connectivity index is 4.24. The largest absolute Gasteiger partial charge is 0.330 e. The maximum Gasteiger partial charge on any atom is 0.0621 e. The maximum atomic E-state index is 8.64. The number of nitrogens with zero attached hydrogens (tertiary/aromatic N) is 1. The van der Waals surface area contributed by atoms with E-state index >= 15 is 0 Å². The lowest BCUT2D eigenvalue weighted by Crippen LogP contribution is -2.20. The van der Waals surface area contributed by atoms with Crippen LogP contribution in [0.1, 0.15) is 90.9 Å². The van der Waals surface area contributed by atoms with Gasteiger partial charge in [-0.15, -0.1) is 0 Å². The number of unbranched alkanes of at least 4 members (excludes halogenated alkanes) is 5. The number of nitrogens with two attached hydrogens (primary N) is 1. The topological polar surface area (TPSA) is 49.8 Å². The molecular formula is C17H34N2. The van der Waals surface area contributed by atoms with E-state index in [4.69, 9.17) is 11.0 Å². The van der Waals surface area contributed by atoms with Gasteiger partial charge in [-0.1, -0.05) is 52.4 Å². The highest BCUT2D eigenvalue weighted by Crippen LogP contribution is 2.39. The molecule has 0 aliphatic rings. The number of nitriles is 1. The first-order valence-corrected chi connectivity index (χ1v) is 8.31. The first-order valence-electron chi connectivity index (χ1n) is 8.31. The molecule has 1 atom stereocenters. The molecule has 0 aliphatic heterocycles. The van der Waals surface area contributed by atoms with Crippen LogP contribution in [0.4, 0.5) is 0 Å². The van der Waals surface area contributed by atoms with Crippen molar-refractivity contribution < 1.29 is 0 Å². The molecule has 0 aromatic rings. The Kier molecular flexibility index (Phi) is 12.1. The molecule has 0 amide bonds. The van der Waals surface area contributed by atoms with E-state index in [0.717, 1.165) is 25.8 Å². The van der Waals surface area contributed by atoms with Crippen molar-refractivity contribution in [1.29, 1.82) is 5.26 Å². The third kappa shape index (κ3) is 9.05. The lowest BCUT2D eigenvalue weighted by atomic mass is 9.72. The Labute approximate surface area is 120 Å². The average Bonchev–Trinajstić information content (AvgIpc) is 2.43. The van der Waals surface area contributed by atoms with Crippen molar-refractivity contribution in [3.05, 3.63) is 0 Å². The van der Waals surface area contributed by atoms with E-state index in [1.54, 1.807) is 0 Å². The highest BCUT2D eigenvalue weighted by Gasteiger charge is 2.26. The molecule has 1 unspecified atom stereocenters. The van der Waals surface area contributed by atoms with Gasteiger partial charge in [-0.3, -0.25) is 0 Å². The quantitative estimate of drug-likeness (QED) is 0.467. The number of hydrogen-bond acceptors (Lipinski definition) is 2. The van der Waals surface area contributed by atoms with Crippen LogP contribution in [-0.2, 0) is 0 Å². The maximum absolute atomic E-state index is 8.64. The Hall–Kier alpha value is -0.550. The van der Waals surface area contributed by atoms with Gasteiger partial charge in [0.1, 0.15) is 0 Å². The molecule has 0 rings (SSSR count). The average molecular weight is 266 g/mol. The second kappa shape index (κ2) is 12.5. The predicted molar refractivity (Wildman–Crippen MR) is 83.9 cm³/mol. The van der Waals surface area contributed by atoms with Crippen LogP contribution in [0.3, 0.4) is 0 Å². The zero-order chi connectivity index (χ0) is 14.4. The Morgan fingerprint density at radius 2 is 1.47 bits per heavy atom. The molecule has 0 saturated heterocycles. The Morgan fingerprint density at radius 3 is 1.95 bits per heavy atom. The lowest BCUT2D eigenvalue weighted by molar-refractivity contribution is 0.188. The van der Waals surface area contributed by atoms with Crippen LogP contribution in [-0.4, -0.2) is 6.54 Å². The fourth-order valence-corrected chi connectivity index (χ4v) is 3.00. The minimum absolute atomic E-state index is 0.528. The zero-order valence-electron chi connectivity index (χ0n) is 13.2. The second-order valence-electron chi connectivity index (χ2n) is 5.92. The molecule has 0 heterocycles. The van der Waals surface area contributed by atoms with E-state index < -0.39 is 0 Å². The van der Waals surface area contributed by atoms with Crippen molar-refractivity contribution in [3.8, 4) is 6.07 Å². The summed E-state index contributed by atoms with van der Waals surface area (Å²) in [6.45, 7) is 5.44. The van der Waals surface area contributed by atoms with Gasteiger partial charge in [0.25, 0.3) is 0 Å². The van der Waals surface area contributed by atoms with E-state index in [1.807, 2.05) is 0 Å². The van der Waals surface area contributed by atoms with Crippen LogP contribution in [0.2, 0.25) is 0 Å². The summed E-state index contributed by atoms with van der Waals surface area (Å²) in [6.07, 6.45) is 14.8. The van der Waals surface area contributed by atoms with Crippen LogP contribution >= 0.6 is 0 Å². The SMILES string of the molecule is CCCCCC(CC)(CCCCN)CCCCC#N. The summed E-state index contributed by atoms with van der Waals surface area (Å²) in [5, 5.41) is 8.64. The molecule has 19 heavy (non-hydrogen) atoms. The van der Waals surface area contributed by atoms with Gasteiger partial charge in [0.05, 0.1) is 6.07 Å². The van der Waals surface area contributed by atoms with Gasteiger partial charge in [0.15, 0.2) is 0 Å². The van der Waals surface area contributed by atoms with Crippen LogP contribution in [0.15, 0.2) is 0 Å². The fourth-order valence-electron chi connectivity index (χ4n) is 3.00. The van der Waals surface area contributed by atoms with Crippen LogP contribution in [0.5, 0.6) is 0 Å². The molecule has 0 aliphatic carbocycles. The van der Waals surface area contributed by atoms with Gasteiger partial charge in [-0.05, 0) is 44.1 Å². The molecular weight excluding hydrogens is 232 g/mol. The summed E-state index contributed by atoms with van der Waals surface area (Å²) in [5.41, 5.74) is 6.15. The third-order valence-electron chi connectivity index (χ3n) is 4.47. The van der Waals surface area contributed by atoms with Crippen LogP contribution in [0.25, 0.3) is 0 Å². The molecule has 2 nitrogen and oxygen atoms in total. The molecule has 2 N–H and O–H groups in total. The molecule has 0 bridgehead atoms. The molecule has 0 aromatic heterocycles. The smallest absolute Gasteiger partial charge is 0.0621 e. The second-order valence-corrected chi connectivity index (χ2v) is 5.92. The van der Waals surface area contributed by atoms with E-state index in [2.05, 4.69) is 19.9 Å². The van der Waals surface area contributed by atoms with Crippen molar-refractivity contribution in [2.45, 2.75) is 90.9 Å². The van der Waals surface area contributed by atoms with E-state index in [0.29, 0.717) is 5.41 Å². The van der Waals surface area contributed by atoms with E-state index in [1.165, 1.54) is 57.8 Å². The van der Waals surface area contributed by atoms with Gasteiger partial charge in [0, 0.05) is 6.42 Å². The van der Waals surface area contributed by atoms with E-state index in [-0.39, 0.29) is 0 Å². The first kappa shape index (κ1) is 18.4. The van der Waals surface area contributed by atoms with Crippen molar-refractivity contribution in [1.82, 2.24) is 0 Å². The number of hydrogen-bond donors (Lipinski definition) is 1. The molecule has 0 spiro atoms. The summed E-state index contributed by atoms with van der Waals surface area (Å²) in [4.78, 5) is 0. The molecule has 112 valence electrons. The fraction of sp³-hybridized carbons (Fsp3) is 0.941.